The van der Waals surface area contributed by atoms with Crippen LogP contribution < -0.4 is 20.5 Å². The van der Waals surface area contributed by atoms with Crippen LogP contribution in [0, 0.1) is 5.82 Å². The number of rotatable bonds is 5. The third-order valence-corrected chi connectivity index (χ3v) is 3.73. The molecule has 1 amide bonds. The Morgan fingerprint density at radius 2 is 1.85 bits per heavy atom. The van der Waals surface area contributed by atoms with Gasteiger partial charge in [0.1, 0.15) is 5.82 Å². The Labute approximate surface area is 153 Å². The lowest BCUT2D eigenvalue weighted by Gasteiger charge is -2.11. The van der Waals surface area contributed by atoms with Gasteiger partial charge in [-0.1, -0.05) is 0 Å². The zero-order valence-corrected chi connectivity index (χ0v) is 14.2. The molecule has 0 atom stereocenters. The lowest BCUT2D eigenvalue weighted by atomic mass is 10.1. The van der Waals surface area contributed by atoms with Crippen LogP contribution in [0.15, 0.2) is 30.3 Å². The number of Topliss-reactive ketones (excluding diaryl/α,β-unsaturated/α-hetero) is 1. The lowest BCUT2D eigenvalue weighted by molar-refractivity contribution is -0.119. The topological polar surface area (TPSA) is 117 Å². The van der Waals surface area contributed by atoms with Crippen LogP contribution in [0.1, 0.15) is 27.6 Å². The number of fused-ring (bicyclic) bond motifs is 1. The molecule has 3 rings (SSSR count). The number of hydrogen-bond acceptors (Lipinski definition) is 7. The van der Waals surface area contributed by atoms with Crippen molar-refractivity contribution in [3.8, 4) is 11.5 Å². The molecule has 0 saturated carbocycles. The first-order valence-corrected chi connectivity index (χ1v) is 7.81. The molecule has 8 nitrogen and oxygen atoms in total. The van der Waals surface area contributed by atoms with Gasteiger partial charge >= 0.3 is 5.97 Å². The van der Waals surface area contributed by atoms with Crippen LogP contribution in [-0.2, 0) is 9.53 Å². The third-order valence-electron chi connectivity index (χ3n) is 3.73. The van der Waals surface area contributed by atoms with Gasteiger partial charge in [-0.05, 0) is 31.2 Å². The van der Waals surface area contributed by atoms with E-state index in [0.29, 0.717) is 11.5 Å². The fourth-order valence-electron chi connectivity index (χ4n) is 2.45. The molecular weight excluding hydrogens is 359 g/mol. The van der Waals surface area contributed by atoms with E-state index in [4.69, 9.17) is 19.9 Å². The zero-order chi connectivity index (χ0) is 19.6. The molecule has 2 aromatic rings. The summed E-state index contributed by atoms with van der Waals surface area (Å²) < 4.78 is 28.3. The number of benzene rings is 2. The number of hydrogen-bond donors (Lipinski definition) is 2. The fraction of sp³-hybridized carbons (Fsp3) is 0.167. The van der Waals surface area contributed by atoms with Crippen molar-refractivity contribution in [3.05, 3.63) is 47.3 Å². The van der Waals surface area contributed by atoms with Gasteiger partial charge in [0.15, 0.2) is 23.9 Å². The number of ether oxygens (including phenoxy) is 3. The standard InChI is InChI=1S/C18H15FN2O6/c1-9(22)12-5-15-16(27-8-26-15)6-14(12)21-17(23)7-25-18(24)11-3-2-10(19)4-13(11)20/h2-6H,7-8,20H2,1H3,(H,21,23). The van der Waals surface area contributed by atoms with E-state index in [1.54, 1.807) is 0 Å². The van der Waals surface area contributed by atoms with Crippen LogP contribution >= 0.6 is 0 Å². The molecule has 140 valence electrons. The first kappa shape index (κ1) is 18.2. The van der Waals surface area contributed by atoms with Crippen molar-refractivity contribution in [2.45, 2.75) is 6.92 Å². The summed E-state index contributed by atoms with van der Waals surface area (Å²) in [6.07, 6.45) is 0. The predicted octanol–water partition coefficient (Wildman–Crippen LogP) is 2.13. The first-order valence-electron chi connectivity index (χ1n) is 7.81. The molecule has 1 heterocycles. The minimum atomic E-state index is -0.875. The average Bonchev–Trinajstić information content (AvgIpc) is 3.06. The Bertz CT molecular complexity index is 944. The number of esters is 1. The quantitative estimate of drug-likeness (QED) is 0.468. The third kappa shape index (κ3) is 3.97. The molecule has 2 aromatic carbocycles. The van der Waals surface area contributed by atoms with Gasteiger partial charge in [-0.3, -0.25) is 9.59 Å². The number of nitrogens with one attached hydrogen (secondary N) is 1. The molecule has 0 unspecified atom stereocenters. The van der Waals surface area contributed by atoms with Crippen LogP contribution in [0.4, 0.5) is 15.8 Å². The number of carbonyl (C=O) groups is 3. The van der Waals surface area contributed by atoms with Crippen molar-refractivity contribution < 1.29 is 33.0 Å². The fourth-order valence-corrected chi connectivity index (χ4v) is 2.45. The van der Waals surface area contributed by atoms with E-state index in [0.717, 1.165) is 18.2 Å². The van der Waals surface area contributed by atoms with E-state index < -0.39 is 24.3 Å². The van der Waals surface area contributed by atoms with Crippen LogP contribution in [-0.4, -0.2) is 31.1 Å². The van der Waals surface area contributed by atoms with E-state index in [9.17, 15) is 18.8 Å². The molecule has 1 aliphatic rings. The molecule has 27 heavy (non-hydrogen) atoms. The molecule has 0 aromatic heterocycles. The molecule has 0 radical (unpaired) electrons. The van der Waals surface area contributed by atoms with Gasteiger partial charge in [-0.15, -0.1) is 0 Å². The summed E-state index contributed by atoms with van der Waals surface area (Å²) in [5.41, 5.74) is 5.82. The second-order valence-corrected chi connectivity index (χ2v) is 5.66. The Kier molecular flexibility index (Phi) is 4.93. The van der Waals surface area contributed by atoms with E-state index in [1.807, 2.05) is 0 Å². The summed E-state index contributed by atoms with van der Waals surface area (Å²) in [5.74, 6) is -1.66. The van der Waals surface area contributed by atoms with E-state index in [2.05, 4.69) is 5.32 Å². The maximum Gasteiger partial charge on any atom is 0.340 e. The van der Waals surface area contributed by atoms with E-state index >= 15 is 0 Å². The molecular formula is C18H15FN2O6. The largest absolute Gasteiger partial charge is 0.454 e. The monoisotopic (exact) mass is 374 g/mol. The summed E-state index contributed by atoms with van der Waals surface area (Å²) in [6.45, 7) is 0.729. The number of carbonyl (C=O) groups excluding carboxylic acids is 3. The van der Waals surface area contributed by atoms with Gasteiger partial charge in [0.25, 0.3) is 5.91 Å². The highest BCUT2D eigenvalue weighted by atomic mass is 19.1. The van der Waals surface area contributed by atoms with E-state index in [1.165, 1.54) is 19.1 Å². The van der Waals surface area contributed by atoms with Crippen LogP contribution in [0.5, 0.6) is 11.5 Å². The lowest BCUT2D eigenvalue weighted by Crippen LogP contribution is -2.22. The molecule has 0 fully saturated rings. The minimum Gasteiger partial charge on any atom is -0.454 e. The van der Waals surface area contributed by atoms with Gasteiger partial charge in [-0.2, -0.15) is 0 Å². The Morgan fingerprint density at radius 1 is 1.15 bits per heavy atom. The summed E-state index contributed by atoms with van der Waals surface area (Å²) in [6, 6.07) is 6.11. The summed E-state index contributed by atoms with van der Waals surface area (Å²) >= 11 is 0. The van der Waals surface area contributed by atoms with Crippen molar-refractivity contribution in [2.75, 3.05) is 24.5 Å². The number of nitrogens with two attached hydrogens (primary N) is 1. The van der Waals surface area contributed by atoms with Crippen molar-refractivity contribution in [3.63, 3.8) is 0 Å². The molecule has 1 aliphatic heterocycles. The second kappa shape index (κ2) is 7.32. The van der Waals surface area contributed by atoms with Crippen LogP contribution in [0.3, 0.4) is 0 Å². The van der Waals surface area contributed by atoms with Gasteiger partial charge in [0.2, 0.25) is 6.79 Å². The minimum absolute atomic E-state index is 0.0147. The van der Waals surface area contributed by atoms with Gasteiger partial charge in [0, 0.05) is 17.3 Å². The maximum atomic E-state index is 13.0. The number of halogens is 1. The number of ketones is 1. The van der Waals surface area contributed by atoms with Crippen molar-refractivity contribution in [2.24, 2.45) is 0 Å². The highest BCUT2D eigenvalue weighted by molar-refractivity contribution is 6.05. The van der Waals surface area contributed by atoms with Gasteiger partial charge in [0.05, 0.1) is 11.3 Å². The van der Waals surface area contributed by atoms with Crippen molar-refractivity contribution >= 4 is 29.0 Å². The van der Waals surface area contributed by atoms with Gasteiger partial charge in [-0.25, -0.2) is 9.18 Å². The Hall–Kier alpha value is -3.62. The molecule has 0 spiro atoms. The van der Waals surface area contributed by atoms with Crippen molar-refractivity contribution in [1.82, 2.24) is 0 Å². The molecule has 0 saturated heterocycles. The second-order valence-electron chi connectivity index (χ2n) is 5.66. The van der Waals surface area contributed by atoms with Crippen LogP contribution in [0.2, 0.25) is 0 Å². The molecule has 0 bridgehead atoms. The number of anilines is 2. The summed E-state index contributed by atoms with van der Waals surface area (Å²) in [4.78, 5) is 35.9. The zero-order valence-electron chi connectivity index (χ0n) is 14.2. The summed E-state index contributed by atoms with van der Waals surface area (Å²) in [5, 5.41) is 2.49. The maximum absolute atomic E-state index is 13.0. The SMILES string of the molecule is CC(=O)c1cc2c(cc1NC(=O)COC(=O)c1ccc(F)cc1N)OCO2. The van der Waals surface area contributed by atoms with Gasteiger partial charge < -0.3 is 25.3 Å². The Balaban J connectivity index is 1.67. The highest BCUT2D eigenvalue weighted by Crippen LogP contribution is 2.37. The normalized spacial score (nSPS) is 11.8. The smallest absolute Gasteiger partial charge is 0.340 e. The molecule has 0 aliphatic carbocycles. The number of nitrogen functional groups attached to an aromatic ring is 1. The molecule has 3 N–H and O–H groups in total. The summed E-state index contributed by atoms with van der Waals surface area (Å²) in [7, 11) is 0. The van der Waals surface area contributed by atoms with E-state index in [-0.39, 0.29) is 35.1 Å². The predicted molar refractivity (Wildman–Crippen MR) is 92.3 cm³/mol. The molecule has 9 heteroatoms. The van der Waals surface area contributed by atoms with Crippen molar-refractivity contribution in [1.29, 1.82) is 0 Å². The Morgan fingerprint density at radius 3 is 2.52 bits per heavy atom. The average molecular weight is 374 g/mol. The number of amides is 1. The van der Waals surface area contributed by atoms with Crippen LogP contribution in [0.25, 0.3) is 0 Å². The first-order chi connectivity index (χ1) is 12.8. The highest BCUT2D eigenvalue weighted by Gasteiger charge is 2.21.